The van der Waals surface area contributed by atoms with E-state index in [-0.39, 0.29) is 18.4 Å². The van der Waals surface area contributed by atoms with Crippen molar-refractivity contribution >= 4 is 37.6 Å². The predicted octanol–water partition coefficient (Wildman–Crippen LogP) is 0.829. The van der Waals surface area contributed by atoms with Gasteiger partial charge in [0.05, 0.1) is 24.5 Å². The lowest BCUT2D eigenvalue weighted by Gasteiger charge is -2.33. The van der Waals surface area contributed by atoms with Crippen LogP contribution in [0.2, 0.25) is 0 Å². The Morgan fingerprint density at radius 1 is 1.21 bits per heavy atom. The van der Waals surface area contributed by atoms with Crippen molar-refractivity contribution in [2.75, 3.05) is 17.9 Å². The number of carboxylic acids is 1. The summed E-state index contributed by atoms with van der Waals surface area (Å²) >= 11 is 3.25. The molecule has 3 unspecified atom stereocenters. The van der Waals surface area contributed by atoms with Gasteiger partial charge in [0, 0.05) is 10.9 Å². The highest BCUT2D eigenvalue weighted by Gasteiger charge is 2.51. The van der Waals surface area contributed by atoms with Crippen LogP contribution >= 0.6 is 15.9 Å². The fraction of sp³-hybridized carbons (Fsp3) is 0.471. The summed E-state index contributed by atoms with van der Waals surface area (Å²) in [6.45, 7) is -0.844. The van der Waals surface area contributed by atoms with Gasteiger partial charge in [-0.1, -0.05) is 12.1 Å². The molecule has 1 spiro atoms. The second-order valence-corrected chi connectivity index (χ2v) is 9.27. The summed E-state index contributed by atoms with van der Waals surface area (Å²) in [5, 5.41) is 27.0. The summed E-state index contributed by atoms with van der Waals surface area (Å²) in [5.41, 5.74) is -0.0948. The quantitative estimate of drug-likeness (QED) is 0.471. The highest BCUT2D eigenvalue weighted by Crippen LogP contribution is 2.41. The number of sulfonamides is 1. The average molecular weight is 478 g/mol. The van der Waals surface area contributed by atoms with Crippen molar-refractivity contribution in [1.82, 2.24) is 0 Å². The van der Waals surface area contributed by atoms with Crippen molar-refractivity contribution < 1.29 is 38.0 Å². The first-order chi connectivity index (χ1) is 13.2. The first kappa shape index (κ1) is 21.2. The van der Waals surface area contributed by atoms with Gasteiger partial charge in [-0.3, -0.25) is 4.72 Å². The van der Waals surface area contributed by atoms with E-state index in [1.165, 1.54) is 0 Å². The maximum atomic E-state index is 12.9. The molecule has 3 atom stereocenters. The van der Waals surface area contributed by atoms with Crippen LogP contribution < -0.4 is 4.72 Å². The third kappa shape index (κ3) is 4.09. The molecule has 0 bridgehead atoms. The zero-order chi connectivity index (χ0) is 20.5. The topological polar surface area (TPSA) is 142 Å². The van der Waals surface area contributed by atoms with Gasteiger partial charge in [-0.2, -0.15) is 0 Å². The van der Waals surface area contributed by atoms with Gasteiger partial charge in [0.25, 0.3) is 0 Å². The first-order valence-electron chi connectivity index (χ1n) is 8.51. The number of benzene rings is 1. The number of para-hydroxylation sites is 1. The van der Waals surface area contributed by atoms with Crippen molar-refractivity contribution in [1.29, 1.82) is 0 Å². The van der Waals surface area contributed by atoms with Crippen LogP contribution in [0.15, 0.2) is 40.4 Å². The number of rotatable bonds is 6. The number of aliphatic carboxylic acids is 1. The third-order valence-electron chi connectivity index (χ3n) is 4.70. The van der Waals surface area contributed by atoms with E-state index in [9.17, 15) is 28.5 Å². The summed E-state index contributed by atoms with van der Waals surface area (Å²) in [5.74, 6) is -2.91. The molecule has 154 valence electrons. The second-order valence-electron chi connectivity index (χ2n) is 6.55. The maximum absolute atomic E-state index is 12.9. The fourth-order valence-electron chi connectivity index (χ4n) is 3.37. The Morgan fingerprint density at radius 3 is 2.36 bits per heavy atom. The molecule has 9 nitrogen and oxygen atoms in total. The Hall–Kier alpha value is -1.50. The Bertz CT molecular complexity index is 875. The zero-order valence-corrected chi connectivity index (χ0v) is 17.0. The van der Waals surface area contributed by atoms with Crippen LogP contribution in [-0.2, 0) is 24.3 Å². The van der Waals surface area contributed by atoms with Gasteiger partial charge in [-0.25, -0.2) is 13.2 Å². The van der Waals surface area contributed by atoms with E-state index < -0.39 is 52.5 Å². The van der Waals surface area contributed by atoms with Crippen LogP contribution in [-0.4, -0.2) is 66.2 Å². The van der Waals surface area contributed by atoms with Gasteiger partial charge in [0.1, 0.15) is 17.5 Å². The minimum absolute atomic E-state index is 0.0539. The molecule has 11 heteroatoms. The lowest BCUT2D eigenvalue weighted by Crippen LogP contribution is -2.42. The number of aliphatic hydroxyl groups is 2. The Labute approximate surface area is 170 Å². The summed E-state index contributed by atoms with van der Waals surface area (Å²) in [6.07, 6.45) is -0.557. The molecule has 0 saturated carbocycles. The number of carboxylic acid groups (broad SMARTS) is 1. The summed E-state index contributed by atoms with van der Waals surface area (Å²) in [6, 6.07) is 6.58. The number of nitrogens with one attached hydrogen (secondary N) is 1. The molecular formula is C17H20BrNO8S. The van der Waals surface area contributed by atoms with Crippen molar-refractivity contribution in [3.05, 3.63) is 40.4 Å². The largest absolute Gasteiger partial charge is 0.478 e. The monoisotopic (exact) mass is 477 g/mol. The van der Waals surface area contributed by atoms with Crippen LogP contribution in [0.3, 0.4) is 0 Å². The van der Waals surface area contributed by atoms with Crippen LogP contribution in [0.1, 0.15) is 12.8 Å². The number of hydrogen-bond acceptors (Lipinski definition) is 7. The number of anilines is 1. The molecule has 0 amide bonds. The van der Waals surface area contributed by atoms with Crippen LogP contribution in [0.5, 0.6) is 0 Å². The summed E-state index contributed by atoms with van der Waals surface area (Å²) < 4.78 is 39.9. The number of carbonyl (C=O) groups is 1. The molecule has 1 aliphatic heterocycles. The normalized spacial score (nSPS) is 30.2. The summed E-state index contributed by atoms with van der Waals surface area (Å²) in [7, 11) is -4.08. The standard InChI is InChI=1S/C17H20BrNO8S/c18-11-3-1-2-4-12(11)19-28(24,25)15-5-6-17(7-10(15)16(22)23)26-13(8-20)14(9-21)27-17/h1-4,7,13-15,19-21H,5-6,8-9H2,(H,22,23). The molecule has 1 fully saturated rings. The van der Waals surface area contributed by atoms with E-state index in [1.54, 1.807) is 24.3 Å². The zero-order valence-electron chi connectivity index (χ0n) is 14.6. The third-order valence-corrected chi connectivity index (χ3v) is 7.14. The van der Waals surface area contributed by atoms with Crippen LogP contribution in [0, 0.1) is 0 Å². The van der Waals surface area contributed by atoms with E-state index in [0.29, 0.717) is 10.2 Å². The fourth-order valence-corrected chi connectivity index (χ4v) is 5.44. The predicted molar refractivity (Wildman–Crippen MR) is 102 cm³/mol. The van der Waals surface area contributed by atoms with Crippen molar-refractivity contribution in [2.45, 2.75) is 36.1 Å². The molecule has 3 rings (SSSR count). The van der Waals surface area contributed by atoms with Gasteiger partial charge in [0.2, 0.25) is 10.0 Å². The van der Waals surface area contributed by atoms with Gasteiger partial charge in [-0.15, -0.1) is 0 Å². The van der Waals surface area contributed by atoms with Gasteiger partial charge < -0.3 is 24.8 Å². The van der Waals surface area contributed by atoms with Crippen LogP contribution in [0.4, 0.5) is 5.69 Å². The minimum atomic E-state index is -4.08. The van der Waals surface area contributed by atoms with Gasteiger partial charge >= 0.3 is 5.97 Å². The number of ether oxygens (including phenoxy) is 2. The molecule has 1 saturated heterocycles. The molecular weight excluding hydrogens is 458 g/mol. The molecule has 0 aromatic heterocycles. The van der Waals surface area contributed by atoms with E-state index in [4.69, 9.17) is 9.47 Å². The van der Waals surface area contributed by atoms with Crippen molar-refractivity contribution in [3.8, 4) is 0 Å². The van der Waals surface area contributed by atoms with Crippen molar-refractivity contribution in [2.24, 2.45) is 0 Å². The molecule has 4 N–H and O–H groups in total. The van der Waals surface area contributed by atoms with Gasteiger partial charge in [0.15, 0.2) is 5.79 Å². The maximum Gasteiger partial charge on any atom is 0.332 e. The van der Waals surface area contributed by atoms with Crippen molar-refractivity contribution in [3.63, 3.8) is 0 Å². The second kappa shape index (κ2) is 8.09. The highest BCUT2D eigenvalue weighted by atomic mass is 79.9. The molecule has 0 radical (unpaired) electrons. The SMILES string of the molecule is O=C(O)C1=CC2(CCC1S(=O)(=O)Nc1ccccc1Br)OC(CO)C(CO)O2. The van der Waals surface area contributed by atoms with E-state index in [2.05, 4.69) is 20.7 Å². The Balaban J connectivity index is 1.91. The molecule has 28 heavy (non-hydrogen) atoms. The van der Waals surface area contributed by atoms with E-state index in [1.807, 2.05) is 0 Å². The average Bonchev–Trinajstić information content (AvgIpc) is 3.00. The lowest BCUT2D eigenvalue weighted by molar-refractivity contribution is -0.153. The minimum Gasteiger partial charge on any atom is -0.478 e. The molecule has 1 heterocycles. The molecule has 1 aromatic rings. The first-order valence-corrected chi connectivity index (χ1v) is 10.8. The number of hydrogen-bond donors (Lipinski definition) is 4. The lowest BCUT2D eigenvalue weighted by atomic mass is 9.94. The Kier molecular flexibility index (Phi) is 6.13. The van der Waals surface area contributed by atoms with Crippen LogP contribution in [0.25, 0.3) is 0 Å². The molecule has 1 aromatic carbocycles. The van der Waals surface area contributed by atoms with Gasteiger partial charge in [-0.05, 0) is 40.6 Å². The van der Waals surface area contributed by atoms with E-state index >= 15 is 0 Å². The summed E-state index contributed by atoms with van der Waals surface area (Å²) in [4.78, 5) is 11.8. The Morgan fingerprint density at radius 2 is 1.82 bits per heavy atom. The number of aliphatic hydroxyl groups excluding tert-OH is 2. The number of halogens is 1. The highest BCUT2D eigenvalue weighted by molar-refractivity contribution is 9.10. The molecule has 2 aliphatic rings. The van der Waals surface area contributed by atoms with E-state index in [0.717, 1.165) is 6.08 Å². The smallest absolute Gasteiger partial charge is 0.332 e. The molecule has 1 aliphatic carbocycles.